The van der Waals surface area contributed by atoms with Crippen molar-refractivity contribution in [3.63, 3.8) is 0 Å². The zero-order valence-electron chi connectivity index (χ0n) is 15.0. The predicted octanol–water partition coefficient (Wildman–Crippen LogP) is 2.27. The zero-order chi connectivity index (χ0) is 19.1. The van der Waals surface area contributed by atoms with E-state index in [1.807, 2.05) is 25.1 Å². The third-order valence-electron chi connectivity index (χ3n) is 3.83. The van der Waals surface area contributed by atoms with E-state index < -0.39 is 5.97 Å². The molecule has 1 aliphatic heterocycles. The molecule has 142 valence electrons. The molecule has 0 aliphatic carbocycles. The highest BCUT2D eigenvalue weighted by Crippen LogP contribution is 2.30. The van der Waals surface area contributed by atoms with E-state index in [1.54, 1.807) is 12.1 Å². The Labute approximate surface area is 156 Å². The second kappa shape index (κ2) is 8.93. The summed E-state index contributed by atoms with van der Waals surface area (Å²) in [6.07, 6.45) is 3.35. The summed E-state index contributed by atoms with van der Waals surface area (Å²) in [4.78, 5) is 23.4. The average molecular weight is 371 g/mol. The average Bonchev–Trinajstić information content (AvgIpc) is 3.10. The Kier molecular flexibility index (Phi) is 6.14. The number of amides is 1. The van der Waals surface area contributed by atoms with Gasteiger partial charge in [0.2, 0.25) is 0 Å². The van der Waals surface area contributed by atoms with Crippen molar-refractivity contribution in [3.05, 3.63) is 53.5 Å². The first-order chi connectivity index (χ1) is 13.1. The molecule has 7 heteroatoms. The van der Waals surface area contributed by atoms with Crippen LogP contribution in [0.15, 0.2) is 40.8 Å². The minimum absolute atomic E-state index is 0.332. The first-order valence-corrected chi connectivity index (χ1v) is 8.66. The third kappa shape index (κ3) is 5.64. The van der Waals surface area contributed by atoms with Crippen LogP contribution in [0, 0.1) is 6.92 Å². The lowest BCUT2D eigenvalue weighted by molar-refractivity contribution is -0.143. The quantitative estimate of drug-likeness (QED) is 0.593. The lowest BCUT2D eigenvalue weighted by Gasteiger charge is -2.18. The van der Waals surface area contributed by atoms with Crippen molar-refractivity contribution in [3.8, 4) is 11.5 Å². The summed E-state index contributed by atoms with van der Waals surface area (Å²) in [5.41, 5.74) is 1.02. The van der Waals surface area contributed by atoms with E-state index in [-0.39, 0.29) is 12.5 Å². The Balaban J connectivity index is 1.36. The number of hydrogen-bond donors (Lipinski definition) is 1. The number of aryl methyl sites for hydroxylation is 1. The second-order valence-electron chi connectivity index (χ2n) is 5.97. The molecule has 1 aliphatic rings. The molecule has 1 aromatic carbocycles. The largest absolute Gasteiger partial charge is 0.486 e. The normalized spacial score (nSPS) is 12.8. The molecule has 0 atom stereocenters. The molecule has 1 N–H and O–H groups in total. The lowest BCUT2D eigenvalue weighted by Crippen LogP contribution is -2.30. The Bertz CT molecular complexity index is 839. The van der Waals surface area contributed by atoms with Gasteiger partial charge in [0.1, 0.15) is 24.7 Å². The van der Waals surface area contributed by atoms with Crippen LogP contribution in [0.2, 0.25) is 0 Å². The van der Waals surface area contributed by atoms with Gasteiger partial charge >= 0.3 is 5.97 Å². The van der Waals surface area contributed by atoms with E-state index in [1.165, 1.54) is 12.2 Å². The molecule has 7 nitrogen and oxygen atoms in total. The number of carbonyl (C=O) groups is 2. The summed E-state index contributed by atoms with van der Waals surface area (Å²) < 4.78 is 21.2. The van der Waals surface area contributed by atoms with Crippen molar-refractivity contribution in [2.75, 3.05) is 26.4 Å². The Morgan fingerprint density at radius 1 is 1.15 bits per heavy atom. The molecule has 0 saturated carbocycles. The maximum Gasteiger partial charge on any atom is 0.331 e. The number of furan rings is 1. The van der Waals surface area contributed by atoms with Crippen LogP contribution in [0.1, 0.15) is 17.1 Å². The van der Waals surface area contributed by atoms with Crippen LogP contribution in [0.4, 0.5) is 0 Å². The SMILES string of the molecule is Cc1ccc(/C=C\C(=O)OCC(=O)NCCc2ccc3c(c2)OCCO3)o1. The van der Waals surface area contributed by atoms with Gasteiger partial charge in [0.05, 0.1) is 0 Å². The van der Waals surface area contributed by atoms with Crippen LogP contribution in [0.3, 0.4) is 0 Å². The van der Waals surface area contributed by atoms with Gasteiger partial charge in [0.15, 0.2) is 18.1 Å². The molecule has 3 rings (SSSR count). The van der Waals surface area contributed by atoms with Gasteiger partial charge in [-0.05, 0) is 49.2 Å². The second-order valence-corrected chi connectivity index (χ2v) is 5.97. The molecule has 27 heavy (non-hydrogen) atoms. The summed E-state index contributed by atoms with van der Waals surface area (Å²) >= 11 is 0. The summed E-state index contributed by atoms with van der Waals surface area (Å²) in [5.74, 6) is 1.79. The van der Waals surface area contributed by atoms with Gasteiger partial charge in [-0.15, -0.1) is 0 Å². The minimum atomic E-state index is -0.606. The molecule has 0 fully saturated rings. The number of carbonyl (C=O) groups excluding carboxylic acids is 2. The Hall–Kier alpha value is -3.22. The van der Waals surface area contributed by atoms with Crippen molar-refractivity contribution in [1.29, 1.82) is 0 Å². The van der Waals surface area contributed by atoms with E-state index in [9.17, 15) is 9.59 Å². The first-order valence-electron chi connectivity index (χ1n) is 8.66. The molecule has 0 unspecified atom stereocenters. The van der Waals surface area contributed by atoms with Crippen LogP contribution < -0.4 is 14.8 Å². The lowest BCUT2D eigenvalue weighted by atomic mass is 10.1. The number of rotatable bonds is 7. The molecule has 0 saturated heterocycles. The number of fused-ring (bicyclic) bond motifs is 1. The highest BCUT2D eigenvalue weighted by molar-refractivity contribution is 5.88. The van der Waals surface area contributed by atoms with Gasteiger partial charge in [-0.25, -0.2) is 4.79 Å². The van der Waals surface area contributed by atoms with Gasteiger partial charge in [-0.1, -0.05) is 6.07 Å². The number of esters is 1. The fourth-order valence-electron chi connectivity index (χ4n) is 2.52. The van der Waals surface area contributed by atoms with Crippen molar-refractivity contribution in [2.45, 2.75) is 13.3 Å². The standard InChI is InChI=1S/C20H21NO6/c1-14-2-4-16(27-14)5-7-20(23)26-13-19(22)21-9-8-15-3-6-17-18(12-15)25-11-10-24-17/h2-7,12H,8-11,13H2,1H3,(H,21,22)/b7-5-. The maximum absolute atomic E-state index is 11.8. The number of benzene rings is 1. The molecule has 0 spiro atoms. The molecule has 1 aromatic heterocycles. The van der Waals surface area contributed by atoms with Crippen LogP contribution in [0.5, 0.6) is 11.5 Å². The molecule has 2 aromatic rings. The molecule has 0 bridgehead atoms. The van der Waals surface area contributed by atoms with Gasteiger partial charge < -0.3 is 23.9 Å². The molecule has 1 amide bonds. The van der Waals surface area contributed by atoms with Crippen LogP contribution in [-0.2, 0) is 20.7 Å². The van der Waals surface area contributed by atoms with Gasteiger partial charge in [-0.2, -0.15) is 0 Å². The van der Waals surface area contributed by atoms with Crippen LogP contribution >= 0.6 is 0 Å². The first kappa shape index (κ1) is 18.6. The maximum atomic E-state index is 11.8. The highest BCUT2D eigenvalue weighted by Gasteiger charge is 2.12. The smallest absolute Gasteiger partial charge is 0.331 e. The number of ether oxygens (including phenoxy) is 3. The highest BCUT2D eigenvalue weighted by atomic mass is 16.6. The van der Waals surface area contributed by atoms with Gasteiger partial charge in [-0.3, -0.25) is 4.79 Å². The topological polar surface area (TPSA) is 87.0 Å². The van der Waals surface area contributed by atoms with Crippen LogP contribution in [-0.4, -0.2) is 38.2 Å². The van der Waals surface area contributed by atoms with Crippen molar-refractivity contribution < 1.29 is 28.2 Å². The monoisotopic (exact) mass is 371 g/mol. The molecular formula is C20H21NO6. The third-order valence-corrected chi connectivity index (χ3v) is 3.83. The molecule has 0 radical (unpaired) electrons. The number of hydrogen-bond acceptors (Lipinski definition) is 6. The molecular weight excluding hydrogens is 350 g/mol. The van der Waals surface area contributed by atoms with E-state index in [0.717, 1.165) is 22.8 Å². The summed E-state index contributed by atoms with van der Waals surface area (Å²) in [6.45, 7) is 2.99. The minimum Gasteiger partial charge on any atom is -0.486 e. The van der Waals surface area contributed by atoms with E-state index in [0.29, 0.717) is 31.9 Å². The fourth-order valence-corrected chi connectivity index (χ4v) is 2.52. The summed E-state index contributed by atoms with van der Waals surface area (Å²) in [5, 5.41) is 2.71. The zero-order valence-corrected chi connectivity index (χ0v) is 15.0. The number of nitrogens with one attached hydrogen (secondary N) is 1. The van der Waals surface area contributed by atoms with E-state index in [2.05, 4.69) is 5.32 Å². The van der Waals surface area contributed by atoms with Gasteiger partial charge in [0, 0.05) is 12.6 Å². The Morgan fingerprint density at radius 2 is 1.96 bits per heavy atom. The molecule has 2 heterocycles. The van der Waals surface area contributed by atoms with Crippen molar-refractivity contribution in [1.82, 2.24) is 5.32 Å². The Morgan fingerprint density at radius 3 is 2.74 bits per heavy atom. The summed E-state index contributed by atoms with van der Waals surface area (Å²) in [7, 11) is 0. The van der Waals surface area contributed by atoms with Gasteiger partial charge in [0.25, 0.3) is 5.91 Å². The summed E-state index contributed by atoms with van der Waals surface area (Å²) in [6, 6.07) is 9.23. The fraction of sp³-hybridized carbons (Fsp3) is 0.300. The van der Waals surface area contributed by atoms with Crippen molar-refractivity contribution >= 4 is 18.0 Å². The van der Waals surface area contributed by atoms with E-state index >= 15 is 0 Å². The predicted molar refractivity (Wildman–Crippen MR) is 97.6 cm³/mol. The van der Waals surface area contributed by atoms with Crippen molar-refractivity contribution in [2.24, 2.45) is 0 Å². The van der Waals surface area contributed by atoms with E-state index in [4.69, 9.17) is 18.6 Å². The van der Waals surface area contributed by atoms with Crippen LogP contribution in [0.25, 0.3) is 6.08 Å².